The summed E-state index contributed by atoms with van der Waals surface area (Å²) < 4.78 is 27.6. The van der Waals surface area contributed by atoms with E-state index in [2.05, 4.69) is 10.3 Å². The summed E-state index contributed by atoms with van der Waals surface area (Å²) in [5, 5.41) is 3.21. The average molecular weight is 262 g/mol. The lowest BCUT2D eigenvalue weighted by atomic mass is 10.0. The van der Waals surface area contributed by atoms with Crippen LogP contribution in [0.25, 0.3) is 11.1 Å². The zero-order chi connectivity index (χ0) is 13.8. The van der Waals surface area contributed by atoms with Crippen LogP contribution < -0.4 is 5.32 Å². The average Bonchev–Trinajstić information content (AvgIpc) is 2.38. The molecule has 0 fully saturated rings. The molecule has 0 aliphatic carbocycles. The lowest BCUT2D eigenvalue weighted by Gasteiger charge is -2.10. The molecule has 2 rings (SSSR count). The first-order valence-electron chi connectivity index (χ1n) is 6.19. The van der Waals surface area contributed by atoms with E-state index in [0.717, 1.165) is 11.8 Å². The SMILES string of the molecule is CC(C)NCc1ccc(-c2ccncc2F)c(F)c1. The van der Waals surface area contributed by atoms with Crippen molar-refractivity contribution >= 4 is 0 Å². The molecule has 1 heterocycles. The van der Waals surface area contributed by atoms with Crippen LogP contribution in [0.3, 0.4) is 0 Å². The van der Waals surface area contributed by atoms with Crippen LogP contribution >= 0.6 is 0 Å². The molecule has 1 aromatic carbocycles. The van der Waals surface area contributed by atoms with E-state index in [1.807, 2.05) is 13.8 Å². The number of nitrogens with zero attached hydrogens (tertiary/aromatic N) is 1. The monoisotopic (exact) mass is 262 g/mol. The summed E-state index contributed by atoms with van der Waals surface area (Å²) in [7, 11) is 0. The van der Waals surface area contributed by atoms with Crippen molar-refractivity contribution in [1.29, 1.82) is 0 Å². The summed E-state index contributed by atoms with van der Waals surface area (Å²) in [5.74, 6) is -0.942. The van der Waals surface area contributed by atoms with Crippen molar-refractivity contribution in [2.75, 3.05) is 0 Å². The molecule has 0 atom stereocenters. The van der Waals surface area contributed by atoms with Gasteiger partial charge in [-0.15, -0.1) is 0 Å². The second kappa shape index (κ2) is 5.89. The van der Waals surface area contributed by atoms with Gasteiger partial charge in [0.1, 0.15) is 11.6 Å². The first kappa shape index (κ1) is 13.6. The third-order valence-electron chi connectivity index (χ3n) is 2.81. The number of hydrogen-bond donors (Lipinski definition) is 1. The highest BCUT2D eigenvalue weighted by molar-refractivity contribution is 5.64. The second-order valence-electron chi connectivity index (χ2n) is 4.71. The number of rotatable bonds is 4. The van der Waals surface area contributed by atoms with E-state index in [1.54, 1.807) is 12.1 Å². The maximum absolute atomic E-state index is 14.0. The minimum Gasteiger partial charge on any atom is -0.310 e. The molecule has 0 aliphatic rings. The zero-order valence-corrected chi connectivity index (χ0v) is 11.0. The van der Waals surface area contributed by atoms with Crippen LogP contribution in [0, 0.1) is 11.6 Å². The predicted molar refractivity (Wildman–Crippen MR) is 71.6 cm³/mol. The van der Waals surface area contributed by atoms with E-state index in [4.69, 9.17) is 0 Å². The van der Waals surface area contributed by atoms with Crippen molar-refractivity contribution in [2.24, 2.45) is 0 Å². The van der Waals surface area contributed by atoms with Gasteiger partial charge in [0.25, 0.3) is 0 Å². The summed E-state index contributed by atoms with van der Waals surface area (Å²) in [4.78, 5) is 3.66. The van der Waals surface area contributed by atoms with Crippen LogP contribution in [0.5, 0.6) is 0 Å². The molecule has 0 saturated heterocycles. The third-order valence-corrected chi connectivity index (χ3v) is 2.81. The quantitative estimate of drug-likeness (QED) is 0.911. The van der Waals surface area contributed by atoms with Gasteiger partial charge in [-0.3, -0.25) is 4.98 Å². The van der Waals surface area contributed by atoms with Gasteiger partial charge in [0.2, 0.25) is 0 Å². The highest BCUT2D eigenvalue weighted by atomic mass is 19.1. The highest BCUT2D eigenvalue weighted by Crippen LogP contribution is 2.25. The molecule has 100 valence electrons. The van der Waals surface area contributed by atoms with E-state index in [1.165, 1.54) is 18.3 Å². The first-order chi connectivity index (χ1) is 9.08. The third kappa shape index (κ3) is 3.35. The van der Waals surface area contributed by atoms with E-state index >= 15 is 0 Å². The van der Waals surface area contributed by atoms with Crippen LogP contribution in [-0.4, -0.2) is 11.0 Å². The zero-order valence-electron chi connectivity index (χ0n) is 11.0. The largest absolute Gasteiger partial charge is 0.310 e. The van der Waals surface area contributed by atoms with E-state index in [0.29, 0.717) is 12.6 Å². The van der Waals surface area contributed by atoms with Crippen LogP contribution in [0.1, 0.15) is 19.4 Å². The van der Waals surface area contributed by atoms with Gasteiger partial charge < -0.3 is 5.32 Å². The molecule has 4 heteroatoms. The molecular formula is C15H16F2N2. The normalized spacial score (nSPS) is 11.0. The van der Waals surface area contributed by atoms with Crippen molar-refractivity contribution in [3.05, 3.63) is 53.9 Å². The summed E-state index contributed by atoms with van der Waals surface area (Å²) >= 11 is 0. The second-order valence-corrected chi connectivity index (χ2v) is 4.71. The van der Waals surface area contributed by atoms with Gasteiger partial charge >= 0.3 is 0 Å². The Bertz CT molecular complexity index is 568. The molecule has 1 N–H and O–H groups in total. The molecule has 0 radical (unpaired) electrons. The van der Waals surface area contributed by atoms with Crippen molar-refractivity contribution in [2.45, 2.75) is 26.4 Å². The van der Waals surface area contributed by atoms with Gasteiger partial charge in [0.05, 0.1) is 6.20 Å². The van der Waals surface area contributed by atoms with Crippen LogP contribution in [0.4, 0.5) is 8.78 Å². The molecule has 0 unspecified atom stereocenters. The molecule has 19 heavy (non-hydrogen) atoms. The maximum atomic E-state index is 14.0. The molecule has 1 aromatic heterocycles. The number of hydrogen-bond acceptors (Lipinski definition) is 2. The van der Waals surface area contributed by atoms with Gasteiger partial charge in [0, 0.05) is 29.9 Å². The Hall–Kier alpha value is -1.81. The maximum Gasteiger partial charge on any atom is 0.149 e. The van der Waals surface area contributed by atoms with Gasteiger partial charge in [-0.05, 0) is 17.7 Å². The van der Waals surface area contributed by atoms with Crippen LogP contribution in [0.15, 0.2) is 36.7 Å². The summed E-state index contributed by atoms with van der Waals surface area (Å²) in [6.07, 6.45) is 2.54. The van der Waals surface area contributed by atoms with Crippen molar-refractivity contribution in [3.8, 4) is 11.1 Å². The van der Waals surface area contributed by atoms with Crippen LogP contribution in [0.2, 0.25) is 0 Å². The molecule has 0 saturated carbocycles. The predicted octanol–water partition coefficient (Wildman–Crippen LogP) is 3.52. The lowest BCUT2D eigenvalue weighted by Crippen LogP contribution is -2.21. The van der Waals surface area contributed by atoms with Crippen molar-refractivity contribution < 1.29 is 8.78 Å². The molecule has 0 spiro atoms. The molecule has 2 aromatic rings. The Morgan fingerprint density at radius 1 is 1.11 bits per heavy atom. The number of nitrogens with one attached hydrogen (secondary N) is 1. The first-order valence-corrected chi connectivity index (χ1v) is 6.19. The van der Waals surface area contributed by atoms with Gasteiger partial charge in [-0.1, -0.05) is 26.0 Å². The lowest BCUT2D eigenvalue weighted by molar-refractivity contribution is 0.581. The summed E-state index contributed by atoms with van der Waals surface area (Å²) in [5.41, 5.74) is 1.33. The van der Waals surface area contributed by atoms with Crippen LogP contribution in [-0.2, 0) is 6.54 Å². The van der Waals surface area contributed by atoms with Gasteiger partial charge in [0.15, 0.2) is 0 Å². The highest BCUT2D eigenvalue weighted by Gasteiger charge is 2.10. The molecule has 0 aliphatic heterocycles. The summed E-state index contributed by atoms with van der Waals surface area (Å²) in [6, 6.07) is 6.64. The summed E-state index contributed by atoms with van der Waals surface area (Å²) in [6.45, 7) is 4.64. The molecule has 2 nitrogen and oxygen atoms in total. The van der Waals surface area contributed by atoms with Gasteiger partial charge in [-0.25, -0.2) is 8.78 Å². The fraction of sp³-hybridized carbons (Fsp3) is 0.267. The number of halogens is 2. The fourth-order valence-electron chi connectivity index (χ4n) is 1.80. The van der Waals surface area contributed by atoms with E-state index in [9.17, 15) is 8.78 Å². The van der Waals surface area contributed by atoms with E-state index in [-0.39, 0.29) is 11.1 Å². The van der Waals surface area contributed by atoms with Crippen molar-refractivity contribution in [3.63, 3.8) is 0 Å². The Morgan fingerprint density at radius 2 is 1.84 bits per heavy atom. The smallest absolute Gasteiger partial charge is 0.149 e. The number of pyridine rings is 1. The van der Waals surface area contributed by atoms with Gasteiger partial charge in [-0.2, -0.15) is 0 Å². The molecule has 0 amide bonds. The van der Waals surface area contributed by atoms with E-state index < -0.39 is 11.6 Å². The topological polar surface area (TPSA) is 24.9 Å². The fourth-order valence-corrected chi connectivity index (χ4v) is 1.80. The number of benzene rings is 1. The Morgan fingerprint density at radius 3 is 2.47 bits per heavy atom. The minimum atomic E-state index is -0.519. The number of aromatic nitrogens is 1. The Labute approximate surface area is 111 Å². The Balaban J connectivity index is 2.27. The molecular weight excluding hydrogens is 246 g/mol. The Kier molecular flexibility index (Phi) is 4.22. The standard InChI is InChI=1S/C15H16F2N2/c1-10(2)19-8-11-3-4-12(14(16)7-11)13-5-6-18-9-15(13)17/h3-7,9-10,19H,8H2,1-2H3. The van der Waals surface area contributed by atoms with Crippen molar-refractivity contribution in [1.82, 2.24) is 10.3 Å². The minimum absolute atomic E-state index is 0.232. The molecule has 0 bridgehead atoms.